The molecule has 1 unspecified atom stereocenters. The summed E-state index contributed by atoms with van der Waals surface area (Å²) in [6.45, 7) is 2.52. The van der Waals surface area contributed by atoms with Crippen LogP contribution in [0.2, 0.25) is 0 Å². The van der Waals surface area contributed by atoms with Gasteiger partial charge in [-0.2, -0.15) is 0 Å². The zero-order valence-electron chi connectivity index (χ0n) is 19.2. The highest BCUT2D eigenvalue weighted by Gasteiger charge is 2.47. The van der Waals surface area contributed by atoms with Crippen molar-refractivity contribution in [2.45, 2.75) is 26.3 Å². The number of para-hydroxylation sites is 1. The predicted molar refractivity (Wildman–Crippen MR) is 129 cm³/mol. The second kappa shape index (κ2) is 8.91. The Morgan fingerprint density at radius 1 is 1.34 bits per heavy atom. The number of halogens is 1. The Morgan fingerprint density at radius 2 is 2.09 bits per heavy atom. The van der Waals surface area contributed by atoms with E-state index in [0.717, 1.165) is 11.0 Å². The number of nitrogens with zero attached hydrogens (tertiary/aromatic N) is 1. The molecule has 2 aliphatic rings. The summed E-state index contributed by atoms with van der Waals surface area (Å²) in [5, 5.41) is 23.4. The molecule has 1 amide bonds. The van der Waals surface area contributed by atoms with E-state index in [0.29, 0.717) is 0 Å². The molecule has 3 N–H and O–H groups in total. The number of benzene rings is 2. The fourth-order valence-electron chi connectivity index (χ4n) is 4.68. The summed E-state index contributed by atoms with van der Waals surface area (Å²) in [7, 11) is -4.02. The molecule has 0 saturated carbocycles. The summed E-state index contributed by atoms with van der Waals surface area (Å²) < 4.78 is 48.1. The van der Waals surface area contributed by atoms with Gasteiger partial charge in [0.1, 0.15) is 42.3 Å². The highest BCUT2D eigenvalue weighted by atomic mass is 32.2. The van der Waals surface area contributed by atoms with Crippen LogP contribution in [0.15, 0.2) is 47.0 Å². The largest absolute Gasteiger partial charge is 0.506 e. The van der Waals surface area contributed by atoms with Crippen LogP contribution in [0, 0.1) is 23.6 Å². The van der Waals surface area contributed by atoms with Crippen LogP contribution in [0.3, 0.4) is 0 Å². The van der Waals surface area contributed by atoms with Crippen LogP contribution in [-0.2, 0) is 14.6 Å². The zero-order chi connectivity index (χ0) is 25.5. The smallest absolute Gasteiger partial charge is 0.253 e. The molecule has 0 aliphatic carbocycles. The second-order valence-electron chi connectivity index (χ2n) is 9.24. The van der Waals surface area contributed by atoms with Crippen molar-refractivity contribution in [1.29, 1.82) is 0 Å². The number of carbonyl (C=O) groups is 1. The molecule has 0 aromatic heterocycles. The maximum atomic E-state index is 15.5. The van der Waals surface area contributed by atoms with Gasteiger partial charge < -0.3 is 20.3 Å². The first kappa shape index (κ1) is 24.6. The molecule has 1 atom stereocenters. The average molecular weight is 501 g/mol. The van der Waals surface area contributed by atoms with Crippen LogP contribution in [-0.4, -0.2) is 43.5 Å². The zero-order valence-corrected chi connectivity index (χ0v) is 20.0. The molecule has 184 valence electrons. The Morgan fingerprint density at radius 3 is 2.74 bits per heavy atom. The van der Waals surface area contributed by atoms with Crippen molar-refractivity contribution in [3.8, 4) is 23.8 Å². The van der Waals surface area contributed by atoms with Gasteiger partial charge in [0.25, 0.3) is 5.91 Å². The van der Waals surface area contributed by atoms with E-state index in [2.05, 4.69) is 11.2 Å². The van der Waals surface area contributed by atoms with Gasteiger partial charge in [-0.05, 0) is 36.1 Å². The molecule has 10 heteroatoms. The molecule has 35 heavy (non-hydrogen) atoms. The van der Waals surface area contributed by atoms with Crippen LogP contribution >= 0.6 is 0 Å². The predicted octanol–water partition coefficient (Wildman–Crippen LogP) is 3.09. The number of ether oxygens (including phenoxy) is 1. The monoisotopic (exact) mass is 500 g/mol. The Kier molecular flexibility index (Phi) is 6.25. The minimum absolute atomic E-state index is 0.0894. The number of aliphatic hydroxyl groups is 1. The van der Waals surface area contributed by atoms with Crippen molar-refractivity contribution < 1.29 is 32.6 Å². The van der Waals surface area contributed by atoms with Gasteiger partial charge in [0.15, 0.2) is 9.84 Å². The minimum atomic E-state index is -4.02. The molecule has 4 rings (SSSR count). The van der Waals surface area contributed by atoms with E-state index in [1.54, 1.807) is 13.8 Å². The van der Waals surface area contributed by atoms with Crippen LogP contribution in [0.25, 0.3) is 0 Å². The molecule has 2 aromatic carbocycles. The van der Waals surface area contributed by atoms with Crippen molar-refractivity contribution in [2.75, 3.05) is 29.2 Å². The first-order valence-electron chi connectivity index (χ1n) is 10.8. The Hall–Kier alpha value is -3.55. The summed E-state index contributed by atoms with van der Waals surface area (Å²) in [5.74, 6) is 0.258. The maximum absolute atomic E-state index is 15.5. The molecule has 0 fully saturated rings. The molecule has 2 aliphatic heterocycles. The van der Waals surface area contributed by atoms with Gasteiger partial charge in [-0.3, -0.25) is 9.69 Å². The Labute approximate surface area is 202 Å². The number of hydrogen-bond donors (Lipinski definition) is 3. The molecule has 0 saturated heterocycles. The Bertz CT molecular complexity index is 1380. The van der Waals surface area contributed by atoms with E-state index in [9.17, 15) is 23.4 Å². The molecular weight excluding hydrogens is 475 g/mol. The van der Waals surface area contributed by atoms with Crippen molar-refractivity contribution in [3.63, 3.8) is 0 Å². The number of phenolic OH excluding ortho intramolecular Hbond substituents is 1. The van der Waals surface area contributed by atoms with Gasteiger partial charge in [0.05, 0.1) is 16.3 Å². The van der Waals surface area contributed by atoms with Crippen LogP contribution in [0.5, 0.6) is 11.5 Å². The molecule has 0 bridgehead atoms. The number of rotatable bonds is 4. The number of amides is 1. The second-order valence-corrected chi connectivity index (χ2v) is 11.2. The SMILES string of the molecule is C#CCOc1ccc(C2C3=C(CC(C)(C)CS3(=O)=O)Nc3c(O)cccc3N2C(=O)CO)c(F)c1. The van der Waals surface area contributed by atoms with E-state index >= 15 is 4.39 Å². The van der Waals surface area contributed by atoms with E-state index in [4.69, 9.17) is 11.2 Å². The number of aliphatic hydroxyl groups excluding tert-OH is 1. The number of anilines is 2. The third-order valence-corrected chi connectivity index (χ3v) is 8.22. The number of nitrogens with one attached hydrogen (secondary N) is 1. The molecule has 8 nitrogen and oxygen atoms in total. The van der Waals surface area contributed by atoms with E-state index < -0.39 is 39.6 Å². The number of terminal acetylenes is 1. The lowest BCUT2D eigenvalue weighted by Gasteiger charge is -2.37. The minimum Gasteiger partial charge on any atom is -0.506 e. The topological polar surface area (TPSA) is 116 Å². The third-order valence-electron chi connectivity index (χ3n) is 5.92. The molecular formula is C25H25FN2O6S. The number of hydrogen-bond acceptors (Lipinski definition) is 7. The molecule has 2 heterocycles. The fourth-order valence-corrected chi connectivity index (χ4v) is 7.04. The number of allylic oxidation sites excluding steroid dienone is 1. The quantitative estimate of drug-likeness (QED) is 0.436. The van der Waals surface area contributed by atoms with Crippen molar-refractivity contribution in [3.05, 3.63) is 58.4 Å². The standard InChI is InChI=1S/C25H25FN2O6S/c1-4-10-34-15-8-9-16(17(26)11-15)23-24-18(12-25(2,3)14-35(24,32)33)27-22-19(6-5-7-20(22)30)28(23)21(31)13-29/h1,5-9,11,23,27,29-30H,10,12-14H2,2-3H3. The first-order valence-corrected chi connectivity index (χ1v) is 12.5. The third kappa shape index (κ3) is 4.45. The highest BCUT2D eigenvalue weighted by molar-refractivity contribution is 7.95. The lowest BCUT2D eigenvalue weighted by molar-refractivity contribution is -0.121. The van der Waals surface area contributed by atoms with Crippen LogP contribution < -0.4 is 15.0 Å². The summed E-state index contributed by atoms with van der Waals surface area (Å²) in [5.41, 5.74) is -0.348. The molecule has 0 radical (unpaired) electrons. The Balaban J connectivity index is 2.05. The van der Waals surface area contributed by atoms with Crippen LogP contribution in [0.4, 0.5) is 15.8 Å². The van der Waals surface area contributed by atoms with Gasteiger partial charge in [0, 0.05) is 17.3 Å². The summed E-state index contributed by atoms with van der Waals surface area (Å²) >= 11 is 0. The van der Waals surface area contributed by atoms with E-state index in [1.165, 1.54) is 30.3 Å². The van der Waals surface area contributed by atoms with Crippen molar-refractivity contribution in [1.82, 2.24) is 0 Å². The van der Waals surface area contributed by atoms with Gasteiger partial charge in [-0.1, -0.05) is 25.8 Å². The number of sulfone groups is 1. The number of carbonyl (C=O) groups excluding carboxylic acids is 1. The molecule has 0 spiro atoms. The van der Waals surface area contributed by atoms with E-state index in [-0.39, 0.29) is 57.8 Å². The summed E-state index contributed by atoms with van der Waals surface area (Å²) in [6.07, 6.45) is 5.45. The normalized spacial score (nSPS) is 20.1. The van der Waals surface area contributed by atoms with E-state index in [1.807, 2.05) is 0 Å². The highest BCUT2D eigenvalue weighted by Crippen LogP contribution is 2.51. The fraction of sp³-hybridized carbons (Fsp3) is 0.320. The van der Waals surface area contributed by atoms with Crippen molar-refractivity contribution in [2.24, 2.45) is 5.41 Å². The summed E-state index contributed by atoms with van der Waals surface area (Å²) in [4.78, 5) is 13.9. The van der Waals surface area contributed by atoms with Gasteiger partial charge in [-0.15, -0.1) is 6.42 Å². The lowest BCUT2D eigenvalue weighted by atomic mass is 9.88. The number of aromatic hydroxyl groups is 1. The maximum Gasteiger partial charge on any atom is 0.253 e. The van der Waals surface area contributed by atoms with Gasteiger partial charge >= 0.3 is 0 Å². The number of phenols is 1. The average Bonchev–Trinajstić information content (AvgIpc) is 2.91. The molecule has 2 aromatic rings. The van der Waals surface area contributed by atoms with Crippen LogP contribution in [0.1, 0.15) is 31.9 Å². The summed E-state index contributed by atoms with van der Waals surface area (Å²) in [6, 6.07) is 6.73. The van der Waals surface area contributed by atoms with Gasteiger partial charge in [0.2, 0.25) is 0 Å². The van der Waals surface area contributed by atoms with Crippen molar-refractivity contribution >= 4 is 27.1 Å². The number of fused-ring (bicyclic) bond motifs is 1. The first-order chi connectivity index (χ1) is 16.5. The van der Waals surface area contributed by atoms with Gasteiger partial charge in [-0.25, -0.2) is 12.8 Å². The lowest BCUT2D eigenvalue weighted by Crippen LogP contribution is -2.42.